The van der Waals surface area contributed by atoms with E-state index in [2.05, 4.69) is 4.98 Å². The predicted octanol–water partition coefficient (Wildman–Crippen LogP) is 2.75. The maximum absolute atomic E-state index is 6.09. The number of ether oxygens (including phenoxy) is 1. The fraction of sp³-hybridized carbons (Fsp3) is 0.182. The van der Waals surface area contributed by atoms with Crippen molar-refractivity contribution in [2.24, 2.45) is 7.05 Å². The van der Waals surface area contributed by atoms with E-state index in [1.807, 2.05) is 31.3 Å². The summed E-state index contributed by atoms with van der Waals surface area (Å²) in [5.74, 6) is 0.825. The molecule has 1 heterocycles. The molecule has 0 aliphatic heterocycles. The number of rotatable bonds is 2. The standard InChI is InChI=1S/C11H11ClN2O/c1-14-7-13-10(11(14)12)8-3-5-9(15-2)6-4-8/h3-7H,1-2H3. The Bertz CT molecular complexity index is 462. The Kier molecular flexibility index (Phi) is 2.64. The lowest BCUT2D eigenvalue weighted by atomic mass is 10.1. The van der Waals surface area contributed by atoms with E-state index in [-0.39, 0.29) is 0 Å². The molecule has 15 heavy (non-hydrogen) atoms. The van der Waals surface area contributed by atoms with E-state index in [0.717, 1.165) is 17.0 Å². The Morgan fingerprint density at radius 2 is 1.93 bits per heavy atom. The summed E-state index contributed by atoms with van der Waals surface area (Å²) in [5, 5.41) is 0.639. The summed E-state index contributed by atoms with van der Waals surface area (Å²) in [7, 11) is 3.51. The Hall–Kier alpha value is -1.48. The van der Waals surface area contributed by atoms with Gasteiger partial charge in [-0.3, -0.25) is 0 Å². The average Bonchev–Trinajstić information content (AvgIpc) is 2.60. The molecule has 0 unspecified atom stereocenters. The van der Waals surface area contributed by atoms with Gasteiger partial charge in [-0.15, -0.1) is 0 Å². The van der Waals surface area contributed by atoms with Gasteiger partial charge in [0.05, 0.1) is 13.4 Å². The van der Waals surface area contributed by atoms with Gasteiger partial charge in [-0.25, -0.2) is 4.98 Å². The smallest absolute Gasteiger partial charge is 0.136 e. The van der Waals surface area contributed by atoms with Crippen LogP contribution in [0.4, 0.5) is 0 Å². The zero-order valence-corrected chi connectivity index (χ0v) is 9.32. The Morgan fingerprint density at radius 3 is 2.40 bits per heavy atom. The van der Waals surface area contributed by atoms with Crippen LogP contribution in [0.5, 0.6) is 5.75 Å². The summed E-state index contributed by atoms with van der Waals surface area (Å²) >= 11 is 6.09. The molecule has 4 heteroatoms. The number of aryl methyl sites for hydroxylation is 1. The van der Waals surface area contributed by atoms with Crippen LogP contribution in [0.2, 0.25) is 5.15 Å². The van der Waals surface area contributed by atoms with Gasteiger partial charge < -0.3 is 9.30 Å². The molecule has 3 nitrogen and oxygen atoms in total. The van der Waals surface area contributed by atoms with Crippen LogP contribution in [0.3, 0.4) is 0 Å². The normalized spacial score (nSPS) is 10.3. The van der Waals surface area contributed by atoms with Gasteiger partial charge in [-0.05, 0) is 24.3 Å². The van der Waals surface area contributed by atoms with Crippen LogP contribution in [0.25, 0.3) is 11.3 Å². The first-order valence-electron chi connectivity index (χ1n) is 4.53. The molecule has 0 saturated carbocycles. The van der Waals surface area contributed by atoms with Crippen molar-refractivity contribution in [1.82, 2.24) is 9.55 Å². The lowest BCUT2D eigenvalue weighted by Gasteiger charge is -2.01. The van der Waals surface area contributed by atoms with E-state index >= 15 is 0 Å². The summed E-state index contributed by atoms with van der Waals surface area (Å²) in [4.78, 5) is 4.23. The fourth-order valence-electron chi connectivity index (χ4n) is 1.36. The molecule has 0 atom stereocenters. The molecular formula is C11H11ClN2O. The van der Waals surface area contributed by atoms with Crippen molar-refractivity contribution in [3.05, 3.63) is 35.7 Å². The van der Waals surface area contributed by atoms with Crippen LogP contribution < -0.4 is 4.74 Å². The second-order valence-electron chi connectivity index (χ2n) is 3.22. The minimum atomic E-state index is 0.639. The van der Waals surface area contributed by atoms with Crippen LogP contribution in [0.1, 0.15) is 0 Å². The van der Waals surface area contributed by atoms with Gasteiger partial charge in [-0.2, -0.15) is 0 Å². The van der Waals surface area contributed by atoms with Gasteiger partial charge in [0, 0.05) is 12.6 Å². The van der Waals surface area contributed by atoms with Crippen LogP contribution >= 0.6 is 11.6 Å². The molecule has 0 N–H and O–H groups in total. The number of hydrogen-bond donors (Lipinski definition) is 0. The molecule has 2 rings (SSSR count). The molecule has 0 aliphatic rings. The first kappa shape index (κ1) is 10.1. The summed E-state index contributed by atoms with van der Waals surface area (Å²) < 4.78 is 6.86. The minimum Gasteiger partial charge on any atom is -0.497 e. The molecule has 0 spiro atoms. The van der Waals surface area contributed by atoms with Crippen LogP contribution in [0, 0.1) is 0 Å². The number of halogens is 1. The number of imidazole rings is 1. The third kappa shape index (κ3) is 1.83. The lowest BCUT2D eigenvalue weighted by Crippen LogP contribution is -1.85. The topological polar surface area (TPSA) is 27.1 Å². The molecule has 0 saturated heterocycles. The van der Waals surface area contributed by atoms with Crippen molar-refractivity contribution in [2.75, 3.05) is 7.11 Å². The monoisotopic (exact) mass is 222 g/mol. The maximum Gasteiger partial charge on any atom is 0.136 e. The molecule has 0 radical (unpaired) electrons. The van der Waals surface area contributed by atoms with Gasteiger partial charge in [0.15, 0.2) is 0 Å². The third-order valence-corrected chi connectivity index (χ3v) is 2.67. The largest absolute Gasteiger partial charge is 0.497 e. The number of aromatic nitrogens is 2. The van der Waals surface area contributed by atoms with Gasteiger partial charge in [-0.1, -0.05) is 11.6 Å². The molecule has 1 aromatic carbocycles. The van der Waals surface area contributed by atoms with Gasteiger partial charge in [0.1, 0.15) is 16.6 Å². The number of nitrogens with zero attached hydrogens (tertiary/aromatic N) is 2. The molecular weight excluding hydrogens is 212 g/mol. The molecule has 0 fully saturated rings. The fourth-order valence-corrected chi connectivity index (χ4v) is 1.56. The van der Waals surface area contributed by atoms with E-state index in [1.165, 1.54) is 0 Å². The van der Waals surface area contributed by atoms with Crippen LogP contribution in [-0.4, -0.2) is 16.7 Å². The zero-order valence-electron chi connectivity index (χ0n) is 8.57. The van der Waals surface area contributed by atoms with Gasteiger partial charge in [0.25, 0.3) is 0 Å². The average molecular weight is 223 g/mol. The van der Waals surface area contributed by atoms with Crippen molar-refractivity contribution in [3.8, 4) is 17.0 Å². The van der Waals surface area contributed by atoms with Crippen molar-refractivity contribution >= 4 is 11.6 Å². The lowest BCUT2D eigenvalue weighted by molar-refractivity contribution is 0.415. The van der Waals surface area contributed by atoms with Crippen molar-refractivity contribution < 1.29 is 4.74 Å². The van der Waals surface area contributed by atoms with E-state index in [9.17, 15) is 0 Å². The Morgan fingerprint density at radius 1 is 1.27 bits per heavy atom. The predicted molar refractivity (Wildman–Crippen MR) is 60.2 cm³/mol. The molecule has 0 amide bonds. The molecule has 78 valence electrons. The van der Waals surface area contributed by atoms with Crippen molar-refractivity contribution in [3.63, 3.8) is 0 Å². The third-order valence-electron chi connectivity index (χ3n) is 2.23. The van der Waals surface area contributed by atoms with E-state index in [4.69, 9.17) is 16.3 Å². The summed E-state index contributed by atoms with van der Waals surface area (Å²) in [6.45, 7) is 0. The molecule has 0 aliphatic carbocycles. The zero-order chi connectivity index (χ0) is 10.8. The van der Waals surface area contributed by atoms with Crippen LogP contribution in [-0.2, 0) is 7.05 Å². The van der Waals surface area contributed by atoms with Gasteiger partial charge in [0.2, 0.25) is 0 Å². The quantitative estimate of drug-likeness (QED) is 0.781. The number of methoxy groups -OCH3 is 1. The first-order chi connectivity index (χ1) is 7.22. The first-order valence-corrected chi connectivity index (χ1v) is 4.91. The van der Waals surface area contributed by atoms with Crippen LogP contribution in [0.15, 0.2) is 30.6 Å². The summed E-state index contributed by atoms with van der Waals surface area (Å²) in [5.41, 5.74) is 1.78. The highest BCUT2D eigenvalue weighted by molar-refractivity contribution is 6.32. The van der Waals surface area contributed by atoms with E-state index < -0.39 is 0 Å². The van der Waals surface area contributed by atoms with Crippen molar-refractivity contribution in [1.29, 1.82) is 0 Å². The minimum absolute atomic E-state index is 0.639. The number of benzene rings is 1. The second kappa shape index (κ2) is 3.95. The highest BCUT2D eigenvalue weighted by atomic mass is 35.5. The summed E-state index contributed by atoms with van der Waals surface area (Å²) in [6, 6.07) is 7.65. The Balaban J connectivity index is 2.41. The maximum atomic E-state index is 6.09. The Labute approximate surface area is 93.3 Å². The van der Waals surface area contributed by atoms with Gasteiger partial charge >= 0.3 is 0 Å². The second-order valence-corrected chi connectivity index (χ2v) is 3.58. The van der Waals surface area contributed by atoms with E-state index in [1.54, 1.807) is 18.0 Å². The molecule has 1 aromatic heterocycles. The van der Waals surface area contributed by atoms with Crippen molar-refractivity contribution in [2.45, 2.75) is 0 Å². The highest BCUT2D eigenvalue weighted by Crippen LogP contribution is 2.26. The highest BCUT2D eigenvalue weighted by Gasteiger charge is 2.08. The van der Waals surface area contributed by atoms with E-state index in [0.29, 0.717) is 5.15 Å². The SMILES string of the molecule is COc1ccc(-c2ncn(C)c2Cl)cc1. The molecule has 0 bridgehead atoms. The number of hydrogen-bond acceptors (Lipinski definition) is 2. The summed E-state index contributed by atoms with van der Waals surface area (Å²) in [6.07, 6.45) is 1.70. The molecule has 2 aromatic rings.